The molecule has 0 spiro atoms. The highest BCUT2D eigenvalue weighted by Gasteiger charge is 2.08. The fourth-order valence-electron chi connectivity index (χ4n) is 1.05. The summed E-state index contributed by atoms with van der Waals surface area (Å²) in [5, 5.41) is 3.10. The Morgan fingerprint density at radius 2 is 2.12 bits per heavy atom. The number of hydrogen-bond acceptors (Lipinski definition) is 2. The molecule has 0 unspecified atom stereocenters. The first-order chi connectivity index (χ1) is 7.49. The molecule has 0 atom stereocenters. The average Bonchev–Trinajstić information content (AvgIpc) is 2.16. The Morgan fingerprint density at radius 1 is 1.44 bits per heavy atom. The summed E-state index contributed by atoms with van der Waals surface area (Å²) < 4.78 is 0. The number of nitrogens with two attached hydrogens (primary N) is 1. The van der Waals surface area contributed by atoms with Crippen LogP contribution in [0.3, 0.4) is 0 Å². The molecule has 4 nitrogen and oxygen atoms in total. The van der Waals surface area contributed by atoms with Crippen LogP contribution < -0.4 is 11.1 Å². The Morgan fingerprint density at radius 3 is 2.69 bits per heavy atom. The lowest BCUT2D eigenvalue weighted by Gasteiger charge is -2.05. The molecule has 2 amide bonds. The van der Waals surface area contributed by atoms with E-state index < -0.39 is 5.91 Å². The number of primary amides is 1. The Balaban J connectivity index is 2.58. The summed E-state index contributed by atoms with van der Waals surface area (Å²) in [5.41, 5.74) is 5.60. The van der Waals surface area contributed by atoms with Gasteiger partial charge in [-0.3, -0.25) is 9.59 Å². The Bertz CT molecular complexity index is 443. The summed E-state index contributed by atoms with van der Waals surface area (Å²) in [7, 11) is 0. The van der Waals surface area contributed by atoms with Crippen LogP contribution in [-0.4, -0.2) is 11.8 Å². The molecule has 1 rings (SSSR count). The number of hydrogen-bond donors (Lipinski definition) is 2. The SMILES string of the molecule is C=C(CC(=O)Nc1cccc(Cl)c1)C(N)=O. The second kappa shape index (κ2) is 5.32. The van der Waals surface area contributed by atoms with Gasteiger partial charge in [0.2, 0.25) is 11.8 Å². The predicted octanol–water partition coefficient (Wildman–Crippen LogP) is 1.71. The van der Waals surface area contributed by atoms with Crippen LogP contribution in [0.25, 0.3) is 0 Å². The van der Waals surface area contributed by atoms with Crippen molar-refractivity contribution >= 4 is 29.1 Å². The summed E-state index contributed by atoms with van der Waals surface area (Å²) in [6.07, 6.45) is -0.123. The number of carbonyl (C=O) groups is 2. The van der Waals surface area contributed by atoms with Gasteiger partial charge < -0.3 is 11.1 Å². The van der Waals surface area contributed by atoms with Crippen LogP contribution in [0.4, 0.5) is 5.69 Å². The van der Waals surface area contributed by atoms with Crippen LogP contribution in [-0.2, 0) is 9.59 Å². The Labute approximate surface area is 98.1 Å². The fraction of sp³-hybridized carbons (Fsp3) is 0.0909. The topological polar surface area (TPSA) is 72.2 Å². The van der Waals surface area contributed by atoms with Crippen LogP contribution in [0, 0.1) is 0 Å². The van der Waals surface area contributed by atoms with E-state index in [1.165, 1.54) is 0 Å². The highest BCUT2D eigenvalue weighted by atomic mass is 35.5. The third-order valence-electron chi connectivity index (χ3n) is 1.83. The second-order valence-electron chi connectivity index (χ2n) is 3.20. The van der Waals surface area contributed by atoms with Crippen LogP contribution >= 0.6 is 11.6 Å². The van der Waals surface area contributed by atoms with Crippen molar-refractivity contribution in [2.75, 3.05) is 5.32 Å². The van der Waals surface area contributed by atoms with E-state index in [1.54, 1.807) is 24.3 Å². The molecule has 0 saturated heterocycles. The van der Waals surface area contributed by atoms with Gasteiger partial charge in [-0.25, -0.2) is 0 Å². The van der Waals surface area contributed by atoms with Gasteiger partial charge in [0, 0.05) is 16.3 Å². The van der Waals surface area contributed by atoms with E-state index in [4.69, 9.17) is 17.3 Å². The summed E-state index contributed by atoms with van der Waals surface area (Å²) in [6.45, 7) is 3.39. The lowest BCUT2D eigenvalue weighted by Crippen LogP contribution is -2.19. The zero-order valence-corrected chi connectivity index (χ0v) is 9.25. The second-order valence-corrected chi connectivity index (χ2v) is 3.64. The van der Waals surface area contributed by atoms with Crippen molar-refractivity contribution in [1.82, 2.24) is 0 Å². The standard InChI is InChI=1S/C11H11ClN2O2/c1-7(11(13)16)5-10(15)14-9-4-2-3-8(12)6-9/h2-4,6H,1,5H2,(H2,13,16)(H,14,15). The van der Waals surface area contributed by atoms with Crippen molar-refractivity contribution in [3.05, 3.63) is 41.4 Å². The maximum atomic E-state index is 11.4. The van der Waals surface area contributed by atoms with E-state index in [2.05, 4.69) is 11.9 Å². The van der Waals surface area contributed by atoms with Gasteiger partial charge in [-0.05, 0) is 18.2 Å². The summed E-state index contributed by atoms with van der Waals surface area (Å²) in [5.74, 6) is -1.03. The highest BCUT2D eigenvalue weighted by Crippen LogP contribution is 2.15. The van der Waals surface area contributed by atoms with Gasteiger partial charge in [-0.15, -0.1) is 0 Å². The maximum Gasteiger partial charge on any atom is 0.244 e. The molecular formula is C11H11ClN2O2. The molecule has 0 aliphatic carbocycles. The van der Waals surface area contributed by atoms with E-state index in [0.717, 1.165) is 0 Å². The van der Waals surface area contributed by atoms with Crippen LogP contribution in [0.2, 0.25) is 5.02 Å². The molecule has 0 fully saturated rings. The lowest BCUT2D eigenvalue weighted by atomic mass is 10.2. The largest absolute Gasteiger partial charge is 0.366 e. The molecule has 0 bridgehead atoms. The zero-order valence-electron chi connectivity index (χ0n) is 8.50. The van der Waals surface area contributed by atoms with Gasteiger partial charge in [-0.2, -0.15) is 0 Å². The molecule has 0 heterocycles. The molecule has 3 N–H and O–H groups in total. The molecule has 0 aromatic heterocycles. The van der Waals surface area contributed by atoms with Crippen LogP contribution in [0.1, 0.15) is 6.42 Å². The van der Waals surface area contributed by atoms with Gasteiger partial charge in [0.1, 0.15) is 0 Å². The first-order valence-electron chi connectivity index (χ1n) is 4.52. The minimum absolute atomic E-state index is 0.0690. The van der Waals surface area contributed by atoms with Crippen molar-refractivity contribution < 1.29 is 9.59 Å². The quantitative estimate of drug-likeness (QED) is 0.784. The van der Waals surface area contributed by atoms with Gasteiger partial charge in [-0.1, -0.05) is 24.2 Å². The lowest BCUT2D eigenvalue weighted by molar-refractivity contribution is -0.119. The van der Waals surface area contributed by atoms with Gasteiger partial charge in [0.05, 0.1) is 6.42 Å². The molecule has 0 aliphatic heterocycles. The van der Waals surface area contributed by atoms with Crippen molar-refractivity contribution in [2.24, 2.45) is 5.73 Å². The van der Waals surface area contributed by atoms with Crippen molar-refractivity contribution in [1.29, 1.82) is 0 Å². The van der Waals surface area contributed by atoms with Crippen molar-refractivity contribution in [3.63, 3.8) is 0 Å². The van der Waals surface area contributed by atoms with Crippen LogP contribution in [0.15, 0.2) is 36.4 Å². The molecular weight excluding hydrogens is 228 g/mol. The maximum absolute atomic E-state index is 11.4. The van der Waals surface area contributed by atoms with Crippen molar-refractivity contribution in [2.45, 2.75) is 6.42 Å². The van der Waals surface area contributed by atoms with E-state index >= 15 is 0 Å². The number of halogens is 1. The molecule has 16 heavy (non-hydrogen) atoms. The molecule has 84 valence electrons. The summed E-state index contributed by atoms with van der Waals surface area (Å²) >= 11 is 5.74. The Kier molecular flexibility index (Phi) is 4.08. The number of carbonyl (C=O) groups excluding carboxylic acids is 2. The summed E-state index contributed by atoms with van der Waals surface area (Å²) in [4.78, 5) is 22.1. The average molecular weight is 239 g/mol. The Hall–Kier alpha value is -1.81. The number of rotatable bonds is 4. The first-order valence-corrected chi connectivity index (χ1v) is 4.90. The highest BCUT2D eigenvalue weighted by molar-refractivity contribution is 6.30. The molecule has 1 aromatic rings. The fourth-order valence-corrected chi connectivity index (χ4v) is 1.24. The minimum Gasteiger partial charge on any atom is -0.366 e. The smallest absolute Gasteiger partial charge is 0.244 e. The van der Waals surface area contributed by atoms with Crippen LogP contribution in [0.5, 0.6) is 0 Å². The number of benzene rings is 1. The summed E-state index contributed by atoms with van der Waals surface area (Å²) in [6, 6.07) is 6.70. The third kappa shape index (κ3) is 3.74. The van der Waals surface area contributed by atoms with Gasteiger partial charge in [0.15, 0.2) is 0 Å². The van der Waals surface area contributed by atoms with Gasteiger partial charge >= 0.3 is 0 Å². The van der Waals surface area contributed by atoms with E-state index in [-0.39, 0.29) is 17.9 Å². The monoisotopic (exact) mass is 238 g/mol. The molecule has 1 aromatic carbocycles. The van der Waals surface area contributed by atoms with E-state index in [1.807, 2.05) is 0 Å². The number of amides is 2. The molecule has 0 saturated carbocycles. The third-order valence-corrected chi connectivity index (χ3v) is 2.07. The van der Waals surface area contributed by atoms with E-state index in [0.29, 0.717) is 10.7 Å². The molecule has 0 radical (unpaired) electrons. The molecule has 5 heteroatoms. The van der Waals surface area contributed by atoms with Crippen molar-refractivity contribution in [3.8, 4) is 0 Å². The molecule has 0 aliphatic rings. The predicted molar refractivity (Wildman–Crippen MR) is 63.0 cm³/mol. The normalized spacial score (nSPS) is 9.56. The zero-order chi connectivity index (χ0) is 12.1. The minimum atomic E-state index is -0.679. The van der Waals surface area contributed by atoms with Gasteiger partial charge in [0.25, 0.3) is 0 Å². The first kappa shape index (κ1) is 12.3. The number of nitrogens with one attached hydrogen (secondary N) is 1. The number of anilines is 1. The van der Waals surface area contributed by atoms with E-state index in [9.17, 15) is 9.59 Å².